The van der Waals surface area contributed by atoms with E-state index in [1.807, 2.05) is 19.9 Å². The lowest BCUT2D eigenvalue weighted by atomic mass is 9.92. The fourth-order valence-corrected chi connectivity index (χ4v) is 2.59. The molecule has 1 aromatic heterocycles. The molecule has 1 fully saturated rings. The van der Waals surface area contributed by atoms with Crippen LogP contribution in [0.2, 0.25) is 0 Å². The first-order valence-electron chi connectivity index (χ1n) is 7.49. The normalized spacial score (nSPS) is 17.8. The van der Waals surface area contributed by atoms with Crippen molar-refractivity contribution in [3.8, 4) is 0 Å². The van der Waals surface area contributed by atoms with Crippen LogP contribution in [0.4, 0.5) is 11.6 Å². The average Bonchev–Trinajstić information content (AvgIpc) is 2.52. The average molecular weight is 295 g/mol. The van der Waals surface area contributed by atoms with Crippen molar-refractivity contribution in [3.63, 3.8) is 0 Å². The molecule has 0 aliphatic carbocycles. The van der Waals surface area contributed by atoms with E-state index in [1.165, 1.54) is 0 Å². The summed E-state index contributed by atoms with van der Waals surface area (Å²) in [5.74, 6) is 7.92. The number of hydrazine groups is 1. The van der Waals surface area contributed by atoms with E-state index in [2.05, 4.69) is 20.3 Å². The molecule has 0 amide bonds. The quantitative estimate of drug-likeness (QED) is 0.530. The van der Waals surface area contributed by atoms with E-state index in [1.54, 1.807) is 0 Å². The third-order valence-corrected chi connectivity index (χ3v) is 3.89. The highest BCUT2D eigenvalue weighted by molar-refractivity contribution is 5.49. The van der Waals surface area contributed by atoms with Gasteiger partial charge in [-0.3, -0.25) is 0 Å². The number of hydrogen-bond acceptors (Lipinski definition) is 7. The standard InChI is InChI=1S/C14H25N5O2/c1-3-21-9-13-16-12(18-15)8-14(17-13)19-6-4-11(5-7-19)10(2)20/h8,10-11,20H,3-7,9,15H2,1-2H3,(H,16,17,18). The minimum absolute atomic E-state index is 0.243. The maximum Gasteiger partial charge on any atom is 0.158 e. The first-order chi connectivity index (χ1) is 10.1. The first kappa shape index (κ1) is 15.9. The van der Waals surface area contributed by atoms with Gasteiger partial charge in [0.15, 0.2) is 5.82 Å². The number of aliphatic hydroxyl groups excluding tert-OH is 1. The Kier molecular flexibility index (Phi) is 5.72. The van der Waals surface area contributed by atoms with Crippen LogP contribution in [0.25, 0.3) is 0 Å². The summed E-state index contributed by atoms with van der Waals surface area (Å²) in [4.78, 5) is 11.0. The lowest BCUT2D eigenvalue weighted by molar-refractivity contribution is 0.109. The molecule has 4 N–H and O–H groups in total. The maximum atomic E-state index is 9.67. The third-order valence-electron chi connectivity index (χ3n) is 3.89. The number of nitrogens with zero attached hydrogens (tertiary/aromatic N) is 3. The lowest BCUT2D eigenvalue weighted by Crippen LogP contribution is -2.37. The zero-order chi connectivity index (χ0) is 15.2. The summed E-state index contributed by atoms with van der Waals surface area (Å²) in [6.07, 6.45) is 1.69. The van der Waals surface area contributed by atoms with Gasteiger partial charge >= 0.3 is 0 Å². The molecule has 1 saturated heterocycles. The largest absolute Gasteiger partial charge is 0.393 e. The first-order valence-corrected chi connectivity index (χ1v) is 7.49. The maximum absolute atomic E-state index is 9.67. The highest BCUT2D eigenvalue weighted by atomic mass is 16.5. The minimum Gasteiger partial charge on any atom is -0.393 e. The molecule has 1 aliphatic heterocycles. The van der Waals surface area contributed by atoms with Crippen LogP contribution in [-0.4, -0.2) is 40.9 Å². The van der Waals surface area contributed by atoms with E-state index < -0.39 is 0 Å². The van der Waals surface area contributed by atoms with Gasteiger partial charge in [0.1, 0.15) is 18.2 Å². The van der Waals surface area contributed by atoms with Crippen molar-refractivity contribution in [2.75, 3.05) is 30.0 Å². The molecule has 0 saturated carbocycles. The van der Waals surface area contributed by atoms with Gasteiger partial charge in [0.2, 0.25) is 0 Å². The monoisotopic (exact) mass is 295 g/mol. The Morgan fingerprint density at radius 2 is 2.19 bits per heavy atom. The van der Waals surface area contributed by atoms with Crippen molar-refractivity contribution in [2.45, 2.75) is 39.4 Å². The van der Waals surface area contributed by atoms with E-state index in [0.717, 1.165) is 31.7 Å². The summed E-state index contributed by atoms with van der Waals surface area (Å²) in [6, 6.07) is 1.85. The topological polar surface area (TPSA) is 96.5 Å². The van der Waals surface area contributed by atoms with Gasteiger partial charge in [-0.15, -0.1) is 0 Å². The second-order valence-corrected chi connectivity index (χ2v) is 5.37. The Morgan fingerprint density at radius 1 is 1.48 bits per heavy atom. The highest BCUT2D eigenvalue weighted by Crippen LogP contribution is 2.25. The van der Waals surface area contributed by atoms with E-state index in [-0.39, 0.29) is 6.10 Å². The second-order valence-electron chi connectivity index (χ2n) is 5.37. The highest BCUT2D eigenvalue weighted by Gasteiger charge is 2.23. The number of nitrogen functional groups attached to an aromatic ring is 1. The fourth-order valence-electron chi connectivity index (χ4n) is 2.59. The summed E-state index contributed by atoms with van der Waals surface area (Å²) in [7, 11) is 0. The molecule has 7 nitrogen and oxygen atoms in total. The predicted octanol–water partition coefficient (Wildman–Crippen LogP) is 0.896. The van der Waals surface area contributed by atoms with Gasteiger partial charge in [-0.05, 0) is 32.6 Å². The van der Waals surface area contributed by atoms with Gasteiger partial charge in [-0.25, -0.2) is 15.8 Å². The molecule has 2 rings (SSSR count). The Hall–Kier alpha value is -1.44. The van der Waals surface area contributed by atoms with E-state index in [4.69, 9.17) is 10.6 Å². The number of nitrogens with two attached hydrogens (primary N) is 1. The molecule has 0 radical (unpaired) electrons. The zero-order valence-electron chi connectivity index (χ0n) is 12.7. The van der Waals surface area contributed by atoms with Crippen molar-refractivity contribution in [1.29, 1.82) is 0 Å². The SMILES string of the molecule is CCOCc1nc(NN)cc(N2CCC(C(C)O)CC2)n1. The molecule has 7 heteroatoms. The van der Waals surface area contributed by atoms with Crippen LogP contribution >= 0.6 is 0 Å². The number of aromatic nitrogens is 2. The lowest BCUT2D eigenvalue weighted by Gasteiger charge is -2.34. The molecule has 1 aliphatic rings. The Labute approximate surface area is 125 Å². The summed E-state index contributed by atoms with van der Waals surface area (Å²) in [6.45, 7) is 6.56. The summed E-state index contributed by atoms with van der Waals surface area (Å²) < 4.78 is 5.36. The molecular weight excluding hydrogens is 270 g/mol. The number of piperidine rings is 1. The van der Waals surface area contributed by atoms with Crippen molar-refractivity contribution in [3.05, 3.63) is 11.9 Å². The molecule has 0 bridgehead atoms. The van der Waals surface area contributed by atoms with E-state index in [9.17, 15) is 5.11 Å². The molecule has 118 valence electrons. The van der Waals surface area contributed by atoms with Gasteiger partial charge < -0.3 is 20.2 Å². The summed E-state index contributed by atoms with van der Waals surface area (Å²) in [5, 5.41) is 9.67. The van der Waals surface area contributed by atoms with E-state index in [0.29, 0.717) is 30.8 Å². The molecule has 0 aromatic carbocycles. The Morgan fingerprint density at radius 3 is 2.76 bits per heavy atom. The summed E-state index contributed by atoms with van der Waals surface area (Å²) >= 11 is 0. The zero-order valence-corrected chi connectivity index (χ0v) is 12.7. The van der Waals surface area contributed by atoms with Crippen LogP contribution < -0.4 is 16.2 Å². The van der Waals surface area contributed by atoms with E-state index >= 15 is 0 Å². The number of hydrogen-bond donors (Lipinski definition) is 3. The molecular formula is C14H25N5O2. The number of aliphatic hydroxyl groups is 1. The predicted molar refractivity (Wildman–Crippen MR) is 81.8 cm³/mol. The van der Waals surface area contributed by atoms with Crippen molar-refractivity contribution in [1.82, 2.24) is 9.97 Å². The van der Waals surface area contributed by atoms with Crippen LogP contribution in [0.15, 0.2) is 6.07 Å². The smallest absolute Gasteiger partial charge is 0.158 e. The van der Waals surface area contributed by atoms with Crippen LogP contribution in [0.5, 0.6) is 0 Å². The van der Waals surface area contributed by atoms with Gasteiger partial charge in [0.05, 0.1) is 6.10 Å². The van der Waals surface area contributed by atoms with Crippen LogP contribution in [-0.2, 0) is 11.3 Å². The van der Waals surface area contributed by atoms with Crippen LogP contribution in [0.3, 0.4) is 0 Å². The number of anilines is 2. The van der Waals surface area contributed by atoms with Gasteiger partial charge in [0.25, 0.3) is 0 Å². The van der Waals surface area contributed by atoms with Crippen molar-refractivity contribution in [2.24, 2.45) is 11.8 Å². The van der Waals surface area contributed by atoms with Crippen molar-refractivity contribution >= 4 is 11.6 Å². The Bertz CT molecular complexity index is 447. The fraction of sp³-hybridized carbons (Fsp3) is 0.714. The molecule has 21 heavy (non-hydrogen) atoms. The molecule has 2 heterocycles. The van der Waals surface area contributed by atoms with Crippen molar-refractivity contribution < 1.29 is 9.84 Å². The minimum atomic E-state index is -0.243. The number of nitrogens with one attached hydrogen (secondary N) is 1. The number of ether oxygens (including phenoxy) is 1. The molecule has 0 spiro atoms. The van der Waals surface area contributed by atoms with Crippen LogP contribution in [0, 0.1) is 5.92 Å². The van der Waals surface area contributed by atoms with Gasteiger partial charge in [0, 0.05) is 25.8 Å². The molecule has 1 aromatic rings. The molecule has 1 unspecified atom stereocenters. The third kappa shape index (κ3) is 4.26. The van der Waals surface area contributed by atoms with Gasteiger partial charge in [-0.1, -0.05) is 0 Å². The molecule has 1 atom stereocenters. The number of rotatable bonds is 6. The summed E-state index contributed by atoms with van der Waals surface area (Å²) in [5.41, 5.74) is 2.58. The Balaban J connectivity index is 2.08. The van der Waals surface area contributed by atoms with Gasteiger partial charge in [-0.2, -0.15) is 0 Å². The van der Waals surface area contributed by atoms with Crippen LogP contribution in [0.1, 0.15) is 32.5 Å². The second kappa shape index (κ2) is 7.53.